The number of methoxy groups -OCH3 is 1. The maximum atomic E-state index is 11.5. The molecule has 0 aliphatic heterocycles. The average Bonchev–Trinajstić information content (AvgIpc) is 2.46. The summed E-state index contributed by atoms with van der Waals surface area (Å²) in [4.78, 5) is 24.3. The van der Waals surface area contributed by atoms with Crippen LogP contribution in [0.3, 0.4) is 0 Å². The lowest BCUT2D eigenvalue weighted by Crippen LogP contribution is -2.39. The number of amides is 1. The first-order valence-corrected chi connectivity index (χ1v) is 7.05. The molecule has 21 heavy (non-hydrogen) atoms. The molecular formula is C16H23NO4. The van der Waals surface area contributed by atoms with Gasteiger partial charge in [0.25, 0.3) is 0 Å². The van der Waals surface area contributed by atoms with Gasteiger partial charge in [-0.15, -0.1) is 0 Å². The van der Waals surface area contributed by atoms with E-state index >= 15 is 0 Å². The number of carboxylic acid groups (broad SMARTS) is 1. The summed E-state index contributed by atoms with van der Waals surface area (Å²) in [7, 11) is 1.57. The molecule has 0 unspecified atom stereocenters. The Morgan fingerprint density at radius 1 is 1.33 bits per heavy atom. The van der Waals surface area contributed by atoms with Crippen molar-refractivity contribution in [1.29, 1.82) is 0 Å². The molecule has 0 aliphatic carbocycles. The van der Waals surface area contributed by atoms with Gasteiger partial charge < -0.3 is 19.5 Å². The number of benzene rings is 1. The van der Waals surface area contributed by atoms with E-state index in [4.69, 9.17) is 4.74 Å². The van der Waals surface area contributed by atoms with Crippen molar-refractivity contribution < 1.29 is 19.4 Å². The van der Waals surface area contributed by atoms with Gasteiger partial charge >= 0.3 is 6.09 Å². The minimum Gasteiger partial charge on any atom is -0.497 e. The van der Waals surface area contributed by atoms with Crippen LogP contribution in [-0.4, -0.2) is 36.0 Å². The fourth-order valence-corrected chi connectivity index (χ4v) is 2.46. The summed E-state index contributed by atoms with van der Waals surface area (Å²) in [5, 5.41) is 9.42. The van der Waals surface area contributed by atoms with Crippen LogP contribution in [0.5, 0.6) is 5.75 Å². The zero-order valence-corrected chi connectivity index (χ0v) is 12.9. The molecule has 5 heteroatoms. The molecule has 1 aromatic carbocycles. The number of ether oxygens (including phenoxy) is 1. The van der Waals surface area contributed by atoms with E-state index in [1.54, 1.807) is 26.2 Å². The molecule has 0 aromatic heterocycles. The Morgan fingerprint density at radius 2 is 1.90 bits per heavy atom. The number of carbonyl (C=O) groups excluding carboxylic acids is 1. The normalized spacial score (nSPS) is 13.6. The molecule has 0 aliphatic rings. The standard InChI is InChI=1S/C16H23NO4/c1-5-17(16(19)20)15(14(10-18)11(2)3)12-6-8-13(21-4)9-7-12/h6-11,14-15H,5H2,1-4H3,(H,19,20)/t14-,15+/m0/s1. The van der Waals surface area contributed by atoms with Crippen LogP contribution < -0.4 is 4.74 Å². The van der Waals surface area contributed by atoms with Gasteiger partial charge in [-0.2, -0.15) is 0 Å². The van der Waals surface area contributed by atoms with E-state index in [9.17, 15) is 14.7 Å². The predicted molar refractivity (Wildman–Crippen MR) is 80.5 cm³/mol. The highest BCUT2D eigenvalue weighted by molar-refractivity contribution is 5.67. The lowest BCUT2D eigenvalue weighted by Gasteiger charge is -2.34. The topological polar surface area (TPSA) is 66.8 Å². The maximum absolute atomic E-state index is 11.5. The summed E-state index contributed by atoms with van der Waals surface area (Å²) >= 11 is 0. The number of carbonyl (C=O) groups is 2. The Morgan fingerprint density at radius 3 is 2.24 bits per heavy atom. The van der Waals surface area contributed by atoms with E-state index in [1.807, 2.05) is 26.0 Å². The van der Waals surface area contributed by atoms with E-state index in [1.165, 1.54) is 4.90 Å². The third-order valence-electron chi connectivity index (χ3n) is 3.67. The Balaban J connectivity index is 3.27. The van der Waals surface area contributed by atoms with E-state index in [2.05, 4.69) is 0 Å². The fourth-order valence-electron chi connectivity index (χ4n) is 2.46. The summed E-state index contributed by atoms with van der Waals surface area (Å²) in [6.45, 7) is 5.94. The lowest BCUT2D eigenvalue weighted by molar-refractivity contribution is -0.114. The van der Waals surface area contributed by atoms with Crippen molar-refractivity contribution in [3.05, 3.63) is 29.8 Å². The van der Waals surface area contributed by atoms with Crippen LogP contribution in [0.4, 0.5) is 4.79 Å². The molecule has 1 amide bonds. The second kappa shape index (κ2) is 7.67. The molecule has 1 rings (SSSR count). The van der Waals surface area contributed by atoms with Crippen LogP contribution >= 0.6 is 0 Å². The molecule has 5 nitrogen and oxygen atoms in total. The third kappa shape index (κ3) is 3.97. The van der Waals surface area contributed by atoms with Gasteiger partial charge in [-0.05, 0) is 30.5 Å². The second-order valence-corrected chi connectivity index (χ2v) is 5.24. The lowest BCUT2D eigenvalue weighted by atomic mass is 9.84. The van der Waals surface area contributed by atoms with Gasteiger partial charge in [0.2, 0.25) is 0 Å². The number of hydrogen-bond donors (Lipinski definition) is 1. The van der Waals surface area contributed by atoms with Crippen LogP contribution in [0.25, 0.3) is 0 Å². The Hall–Kier alpha value is -2.04. The summed E-state index contributed by atoms with van der Waals surface area (Å²) in [6, 6.07) is 6.69. The highest BCUT2D eigenvalue weighted by atomic mass is 16.5. The molecule has 1 aromatic rings. The predicted octanol–water partition coefficient (Wildman–Crippen LogP) is 3.21. The molecule has 0 bridgehead atoms. The first kappa shape index (κ1) is 17.0. The third-order valence-corrected chi connectivity index (χ3v) is 3.67. The first-order chi connectivity index (χ1) is 9.96. The van der Waals surface area contributed by atoms with Gasteiger partial charge in [0.1, 0.15) is 12.0 Å². The summed E-state index contributed by atoms with van der Waals surface area (Å²) < 4.78 is 5.12. The fraction of sp³-hybridized carbons (Fsp3) is 0.500. The molecule has 0 heterocycles. The van der Waals surface area contributed by atoms with Crippen molar-refractivity contribution in [3.8, 4) is 5.75 Å². The van der Waals surface area contributed by atoms with Gasteiger partial charge in [0, 0.05) is 12.5 Å². The molecule has 116 valence electrons. The Kier molecular flexibility index (Phi) is 6.21. The number of aldehydes is 1. The van der Waals surface area contributed by atoms with Crippen molar-refractivity contribution in [3.63, 3.8) is 0 Å². The highest BCUT2D eigenvalue weighted by Gasteiger charge is 2.33. The first-order valence-electron chi connectivity index (χ1n) is 7.05. The Bertz CT molecular complexity index is 468. The SMILES string of the molecule is CCN(C(=O)O)[C@H](c1ccc(OC)cc1)[C@@H](C=O)C(C)C. The molecule has 0 saturated carbocycles. The minimum atomic E-state index is -1.02. The maximum Gasteiger partial charge on any atom is 0.407 e. The highest BCUT2D eigenvalue weighted by Crippen LogP contribution is 2.33. The second-order valence-electron chi connectivity index (χ2n) is 5.24. The smallest absolute Gasteiger partial charge is 0.407 e. The van der Waals surface area contributed by atoms with Crippen LogP contribution in [-0.2, 0) is 4.79 Å². The summed E-state index contributed by atoms with van der Waals surface area (Å²) in [5.74, 6) is 0.348. The average molecular weight is 293 g/mol. The van der Waals surface area contributed by atoms with Gasteiger partial charge in [0.05, 0.1) is 13.2 Å². The number of rotatable bonds is 7. The molecule has 0 spiro atoms. The molecule has 0 radical (unpaired) electrons. The van der Waals surface area contributed by atoms with Crippen molar-refractivity contribution in [2.45, 2.75) is 26.8 Å². The van der Waals surface area contributed by atoms with Crippen LogP contribution in [0.1, 0.15) is 32.4 Å². The van der Waals surface area contributed by atoms with Crippen molar-refractivity contribution in [1.82, 2.24) is 4.90 Å². The van der Waals surface area contributed by atoms with E-state index in [-0.39, 0.29) is 5.92 Å². The van der Waals surface area contributed by atoms with Crippen molar-refractivity contribution >= 4 is 12.4 Å². The van der Waals surface area contributed by atoms with Gasteiger partial charge in [-0.1, -0.05) is 26.0 Å². The quantitative estimate of drug-likeness (QED) is 0.784. The van der Waals surface area contributed by atoms with Gasteiger partial charge in [-0.25, -0.2) is 4.79 Å². The number of hydrogen-bond acceptors (Lipinski definition) is 3. The zero-order valence-electron chi connectivity index (χ0n) is 12.9. The van der Waals surface area contributed by atoms with E-state index in [0.29, 0.717) is 12.3 Å². The minimum absolute atomic E-state index is 0.0444. The summed E-state index contributed by atoms with van der Waals surface area (Å²) in [5.41, 5.74) is 0.797. The zero-order chi connectivity index (χ0) is 16.0. The largest absolute Gasteiger partial charge is 0.497 e. The van der Waals surface area contributed by atoms with Crippen LogP contribution in [0, 0.1) is 11.8 Å². The molecule has 2 atom stereocenters. The monoisotopic (exact) mass is 293 g/mol. The molecular weight excluding hydrogens is 270 g/mol. The number of nitrogens with zero attached hydrogens (tertiary/aromatic N) is 1. The summed E-state index contributed by atoms with van der Waals surface area (Å²) in [6.07, 6.45) is -0.170. The van der Waals surface area contributed by atoms with Crippen LogP contribution in [0.15, 0.2) is 24.3 Å². The Labute approximate surface area is 125 Å². The van der Waals surface area contributed by atoms with Crippen LogP contribution in [0.2, 0.25) is 0 Å². The van der Waals surface area contributed by atoms with Crippen molar-refractivity contribution in [2.24, 2.45) is 11.8 Å². The van der Waals surface area contributed by atoms with Crippen molar-refractivity contribution in [2.75, 3.05) is 13.7 Å². The van der Waals surface area contributed by atoms with Gasteiger partial charge in [-0.3, -0.25) is 0 Å². The van der Waals surface area contributed by atoms with E-state index in [0.717, 1.165) is 11.8 Å². The van der Waals surface area contributed by atoms with Gasteiger partial charge in [0.15, 0.2) is 0 Å². The molecule has 0 fully saturated rings. The molecule has 0 saturated heterocycles. The van der Waals surface area contributed by atoms with E-state index < -0.39 is 18.1 Å². The molecule has 1 N–H and O–H groups in total.